The highest BCUT2D eigenvalue weighted by Crippen LogP contribution is 2.28. The van der Waals surface area contributed by atoms with Crippen molar-refractivity contribution in [3.8, 4) is 22.7 Å². The highest BCUT2D eigenvalue weighted by Gasteiger charge is 2.19. The van der Waals surface area contributed by atoms with Crippen molar-refractivity contribution in [2.75, 3.05) is 0 Å². The topological polar surface area (TPSA) is 94.0 Å². The molecule has 28 heavy (non-hydrogen) atoms. The molecule has 1 N–H and O–H groups in total. The van der Waals surface area contributed by atoms with Crippen molar-refractivity contribution in [2.45, 2.75) is 27.3 Å². The molecule has 4 aromatic heterocycles. The van der Waals surface area contributed by atoms with Crippen LogP contribution in [0.2, 0.25) is 0 Å². The van der Waals surface area contributed by atoms with Crippen molar-refractivity contribution in [3.63, 3.8) is 0 Å². The highest BCUT2D eigenvalue weighted by atomic mass is 16.4. The summed E-state index contributed by atoms with van der Waals surface area (Å²) in [5.74, 6) is 1.14. The second-order valence-corrected chi connectivity index (χ2v) is 6.76. The van der Waals surface area contributed by atoms with Gasteiger partial charge in [-0.1, -0.05) is 6.07 Å². The van der Waals surface area contributed by atoms with Gasteiger partial charge in [0, 0.05) is 29.3 Å². The molecule has 140 valence electrons. The fourth-order valence-electron chi connectivity index (χ4n) is 3.52. The van der Waals surface area contributed by atoms with Crippen LogP contribution in [0.15, 0.2) is 45.9 Å². The lowest BCUT2D eigenvalue weighted by atomic mass is 10.1. The van der Waals surface area contributed by atoms with E-state index in [-0.39, 0.29) is 5.56 Å². The average molecular weight is 374 g/mol. The summed E-state index contributed by atoms with van der Waals surface area (Å²) >= 11 is 0. The molecular formula is C20H18N6O2. The first-order valence-corrected chi connectivity index (χ1v) is 9.06. The molecule has 4 heterocycles. The van der Waals surface area contributed by atoms with Gasteiger partial charge in [0.15, 0.2) is 5.65 Å². The maximum absolute atomic E-state index is 12.7. The number of fused-ring (bicyclic) bond motifs is 2. The average Bonchev–Trinajstić information content (AvgIpc) is 3.37. The largest absolute Gasteiger partial charge is 0.441 e. The number of H-pyrrole nitrogens is 1. The number of nitrogens with zero attached hydrogens (tertiary/aromatic N) is 5. The number of aryl methyl sites for hydroxylation is 3. The molecule has 0 aliphatic carbocycles. The van der Waals surface area contributed by atoms with Gasteiger partial charge in [0.2, 0.25) is 5.89 Å². The monoisotopic (exact) mass is 374 g/mol. The number of nitrogens with one attached hydrogen (secondary N) is 1. The lowest BCUT2D eigenvalue weighted by molar-refractivity contribution is 0.542. The second kappa shape index (κ2) is 5.91. The fourth-order valence-corrected chi connectivity index (χ4v) is 3.52. The predicted octanol–water partition coefficient (Wildman–Crippen LogP) is 3.33. The van der Waals surface area contributed by atoms with E-state index in [4.69, 9.17) is 9.40 Å². The van der Waals surface area contributed by atoms with E-state index in [0.717, 1.165) is 28.7 Å². The van der Waals surface area contributed by atoms with Gasteiger partial charge in [-0.3, -0.25) is 14.6 Å². The Morgan fingerprint density at radius 1 is 1.18 bits per heavy atom. The molecule has 0 aliphatic rings. The van der Waals surface area contributed by atoms with Crippen molar-refractivity contribution < 1.29 is 4.42 Å². The number of hydrogen-bond acceptors (Lipinski definition) is 5. The minimum Gasteiger partial charge on any atom is -0.441 e. The van der Waals surface area contributed by atoms with Crippen LogP contribution in [0.3, 0.4) is 0 Å². The Kier molecular flexibility index (Phi) is 3.48. The summed E-state index contributed by atoms with van der Waals surface area (Å²) in [7, 11) is 0. The Bertz CT molecular complexity index is 1400. The molecule has 1 aromatic carbocycles. The zero-order chi connectivity index (χ0) is 19.4. The van der Waals surface area contributed by atoms with Gasteiger partial charge in [0.1, 0.15) is 11.3 Å². The van der Waals surface area contributed by atoms with Crippen molar-refractivity contribution in [1.29, 1.82) is 0 Å². The van der Waals surface area contributed by atoms with Gasteiger partial charge < -0.3 is 4.42 Å². The molecule has 0 saturated carbocycles. The summed E-state index contributed by atoms with van der Waals surface area (Å²) in [5, 5.41) is 8.44. The Morgan fingerprint density at radius 3 is 2.79 bits per heavy atom. The second-order valence-electron chi connectivity index (χ2n) is 6.76. The van der Waals surface area contributed by atoms with Crippen molar-refractivity contribution in [1.82, 2.24) is 29.4 Å². The van der Waals surface area contributed by atoms with Gasteiger partial charge in [-0.15, -0.1) is 0 Å². The molecular weight excluding hydrogens is 356 g/mol. The van der Waals surface area contributed by atoms with E-state index in [1.165, 1.54) is 10.6 Å². The Hall–Kier alpha value is -3.68. The standard InChI is InChI=1S/C20H18N6O2/c1-4-25-16-6-5-13(7-14(16)10-22-25)15-8-17(27)26-19(23-15)18(12(3)24-26)20-21-9-11(2)28-20/h5-10,24H,4H2,1-3H3. The van der Waals surface area contributed by atoms with E-state index < -0.39 is 0 Å². The molecule has 0 radical (unpaired) electrons. The SMILES string of the molecule is CCn1ncc2cc(-c3cc(=O)n4[nH]c(C)c(-c5ncc(C)o5)c4n3)ccc21. The van der Waals surface area contributed by atoms with E-state index in [9.17, 15) is 4.79 Å². The van der Waals surface area contributed by atoms with E-state index in [2.05, 4.69) is 22.1 Å². The highest BCUT2D eigenvalue weighted by molar-refractivity contribution is 5.84. The van der Waals surface area contributed by atoms with Crippen LogP contribution in [0.5, 0.6) is 0 Å². The number of benzene rings is 1. The van der Waals surface area contributed by atoms with Gasteiger partial charge in [-0.25, -0.2) is 14.5 Å². The molecule has 0 unspecified atom stereocenters. The number of aromatic nitrogens is 6. The molecule has 0 spiro atoms. The van der Waals surface area contributed by atoms with Crippen LogP contribution in [0.25, 0.3) is 39.3 Å². The van der Waals surface area contributed by atoms with Crippen LogP contribution in [-0.4, -0.2) is 29.4 Å². The summed E-state index contributed by atoms with van der Waals surface area (Å²) in [6, 6.07) is 7.49. The summed E-state index contributed by atoms with van der Waals surface area (Å²) in [6.45, 7) is 6.55. The number of rotatable bonds is 3. The van der Waals surface area contributed by atoms with E-state index >= 15 is 0 Å². The van der Waals surface area contributed by atoms with Crippen LogP contribution in [0, 0.1) is 13.8 Å². The van der Waals surface area contributed by atoms with Gasteiger partial charge in [0.25, 0.3) is 5.56 Å². The molecule has 8 heteroatoms. The van der Waals surface area contributed by atoms with Gasteiger partial charge >= 0.3 is 0 Å². The van der Waals surface area contributed by atoms with E-state index in [1.54, 1.807) is 6.20 Å². The smallest absolute Gasteiger partial charge is 0.273 e. The quantitative estimate of drug-likeness (QED) is 0.523. The molecule has 0 amide bonds. The third-order valence-electron chi connectivity index (χ3n) is 4.87. The number of hydrogen-bond donors (Lipinski definition) is 1. The first-order valence-electron chi connectivity index (χ1n) is 9.06. The summed E-state index contributed by atoms with van der Waals surface area (Å²) < 4.78 is 9.03. The molecule has 0 atom stereocenters. The van der Waals surface area contributed by atoms with Crippen LogP contribution in [0.4, 0.5) is 0 Å². The first kappa shape index (κ1) is 16.5. The van der Waals surface area contributed by atoms with Crippen molar-refractivity contribution in [2.24, 2.45) is 0 Å². The minimum absolute atomic E-state index is 0.193. The molecule has 0 saturated heterocycles. The third kappa shape index (κ3) is 2.38. The number of aromatic amines is 1. The van der Waals surface area contributed by atoms with Gasteiger partial charge in [-0.05, 0) is 32.9 Å². The maximum atomic E-state index is 12.7. The number of oxazole rings is 1. The third-order valence-corrected chi connectivity index (χ3v) is 4.87. The maximum Gasteiger partial charge on any atom is 0.273 e. The van der Waals surface area contributed by atoms with Crippen molar-refractivity contribution >= 4 is 16.6 Å². The normalized spacial score (nSPS) is 11.7. The first-order chi connectivity index (χ1) is 13.5. The molecule has 8 nitrogen and oxygen atoms in total. The lowest BCUT2D eigenvalue weighted by Crippen LogP contribution is -2.14. The Balaban J connectivity index is 1.74. The van der Waals surface area contributed by atoms with Crippen LogP contribution >= 0.6 is 0 Å². The lowest BCUT2D eigenvalue weighted by Gasteiger charge is -2.04. The van der Waals surface area contributed by atoms with Crippen LogP contribution < -0.4 is 5.56 Å². The van der Waals surface area contributed by atoms with Crippen LogP contribution in [-0.2, 0) is 6.54 Å². The Labute approximate surface area is 159 Å². The molecule has 5 rings (SSSR count). The Morgan fingerprint density at radius 2 is 2.04 bits per heavy atom. The summed E-state index contributed by atoms with van der Waals surface area (Å²) in [6.07, 6.45) is 3.48. The zero-order valence-electron chi connectivity index (χ0n) is 15.7. The molecule has 0 aliphatic heterocycles. The van der Waals surface area contributed by atoms with Crippen molar-refractivity contribution in [3.05, 3.63) is 58.5 Å². The molecule has 0 bridgehead atoms. The fraction of sp³-hybridized carbons (Fsp3) is 0.200. The van der Waals surface area contributed by atoms with Gasteiger partial charge in [0.05, 0.1) is 23.6 Å². The van der Waals surface area contributed by atoms with E-state index in [0.29, 0.717) is 28.6 Å². The molecule has 0 fully saturated rings. The predicted molar refractivity (Wildman–Crippen MR) is 105 cm³/mol. The molecule has 5 aromatic rings. The van der Waals surface area contributed by atoms with Gasteiger partial charge in [-0.2, -0.15) is 5.10 Å². The summed E-state index contributed by atoms with van der Waals surface area (Å²) in [5.41, 5.74) is 4.26. The van der Waals surface area contributed by atoms with E-state index in [1.807, 2.05) is 42.9 Å². The minimum atomic E-state index is -0.193. The zero-order valence-corrected chi connectivity index (χ0v) is 15.7. The summed E-state index contributed by atoms with van der Waals surface area (Å²) in [4.78, 5) is 21.8. The van der Waals surface area contributed by atoms with Crippen LogP contribution in [0.1, 0.15) is 18.4 Å².